The topological polar surface area (TPSA) is 54.4 Å². The Labute approximate surface area is 212 Å². The van der Waals surface area contributed by atoms with Gasteiger partial charge in [0.15, 0.2) is 17.3 Å². The molecule has 3 aliphatic rings. The number of piperidine rings is 2. The first kappa shape index (κ1) is 28.8. The normalized spacial score (nSPS) is 31.6. The van der Waals surface area contributed by atoms with Gasteiger partial charge in [-0.1, -0.05) is 32.6 Å². The molecule has 6 nitrogen and oxygen atoms in total. The van der Waals surface area contributed by atoms with Crippen molar-refractivity contribution in [3.63, 3.8) is 0 Å². The number of hydrogen-bond acceptors (Lipinski definition) is 6. The molecule has 0 aromatic carbocycles. The maximum atomic E-state index is 10.2. The quantitative estimate of drug-likeness (QED) is 0.484. The van der Waals surface area contributed by atoms with E-state index in [1.807, 2.05) is 26.0 Å². The summed E-state index contributed by atoms with van der Waals surface area (Å²) in [5, 5.41) is 10.2. The highest BCUT2D eigenvalue weighted by molar-refractivity contribution is 5.39. The van der Waals surface area contributed by atoms with Crippen LogP contribution in [0.4, 0.5) is 0 Å². The maximum absolute atomic E-state index is 10.2. The fraction of sp³-hybridized carbons (Fsp3) is 0.586. The molecule has 0 saturated carbocycles. The number of nitrogens with zero attached hydrogens (tertiary/aromatic N) is 2. The number of likely N-dealkylation sites (N-methyl/N-ethyl adjacent to an activating group) is 1. The number of ether oxygens (including phenoxy) is 3. The molecule has 6 heteroatoms. The first-order chi connectivity index (χ1) is 17.0. The predicted octanol–water partition coefficient (Wildman–Crippen LogP) is 5.74. The molecule has 0 radical (unpaired) electrons. The molecule has 2 fully saturated rings. The number of aliphatic hydroxyl groups is 1. The molecule has 35 heavy (non-hydrogen) atoms. The molecule has 1 N–H and O–H groups in total. The van der Waals surface area contributed by atoms with Crippen molar-refractivity contribution in [1.29, 1.82) is 0 Å². The molecule has 3 atom stereocenters. The van der Waals surface area contributed by atoms with Crippen molar-refractivity contribution in [3.05, 3.63) is 71.6 Å². The average Bonchev–Trinajstić information content (AvgIpc) is 2.88. The lowest BCUT2D eigenvalue weighted by Crippen LogP contribution is -2.48. The van der Waals surface area contributed by atoms with Gasteiger partial charge in [-0.05, 0) is 81.0 Å². The lowest BCUT2D eigenvalue weighted by molar-refractivity contribution is 0.108. The van der Waals surface area contributed by atoms with Crippen LogP contribution in [-0.4, -0.2) is 75.0 Å². The Morgan fingerprint density at radius 3 is 2.63 bits per heavy atom. The second-order valence-electron chi connectivity index (χ2n) is 9.13. The molecule has 2 saturated heterocycles. The lowest BCUT2D eigenvalue weighted by atomic mass is 9.79. The van der Waals surface area contributed by atoms with Gasteiger partial charge in [0.2, 0.25) is 0 Å². The van der Waals surface area contributed by atoms with Gasteiger partial charge in [-0.25, -0.2) is 0 Å². The zero-order valence-electron chi connectivity index (χ0n) is 22.6. The van der Waals surface area contributed by atoms with Gasteiger partial charge in [0, 0.05) is 25.2 Å². The number of hydrogen-bond donors (Lipinski definition) is 1. The van der Waals surface area contributed by atoms with E-state index in [4.69, 9.17) is 14.2 Å². The van der Waals surface area contributed by atoms with E-state index >= 15 is 0 Å². The molecule has 0 aromatic heterocycles. The van der Waals surface area contributed by atoms with Crippen LogP contribution < -0.4 is 0 Å². The van der Waals surface area contributed by atoms with E-state index in [1.54, 1.807) is 33.7 Å². The van der Waals surface area contributed by atoms with Crippen LogP contribution in [0.25, 0.3) is 0 Å². The smallest absolute Gasteiger partial charge is 0.160 e. The van der Waals surface area contributed by atoms with Gasteiger partial charge in [0.1, 0.15) is 6.26 Å². The highest BCUT2D eigenvalue weighted by atomic mass is 16.5. The summed E-state index contributed by atoms with van der Waals surface area (Å²) < 4.78 is 16.0. The monoisotopic (exact) mass is 486 g/mol. The van der Waals surface area contributed by atoms with Crippen LogP contribution in [0, 0.1) is 5.92 Å². The van der Waals surface area contributed by atoms with Crippen LogP contribution in [0.3, 0.4) is 0 Å². The van der Waals surface area contributed by atoms with E-state index in [2.05, 4.69) is 35.6 Å². The summed E-state index contributed by atoms with van der Waals surface area (Å²) in [5.74, 6) is 2.02. The third-order valence-electron chi connectivity index (χ3n) is 7.10. The first-order valence-electron chi connectivity index (χ1n) is 12.9. The fourth-order valence-electron chi connectivity index (χ4n) is 5.09. The Hall–Kier alpha value is -2.44. The molecular formula is C29H46N2O4. The standard InChI is InChI=1S/C27H40N2O4.C2H6/c1-20-22(18-24(32-4)19-31-3)12-15-29-14-11-21(17-25(20)29)16-23-9-10-27(33-5)26(30)8-6-7-13-28(23)2;1-2/h6,8-10,18-19,21,23,25,30H,1,7,11-17H2,2-5H3;1-2H3/b8-6+,10-9+,22-18-,24-19-,27-26-;. The Balaban J connectivity index is 0.00000210. The van der Waals surface area contributed by atoms with Crippen molar-refractivity contribution in [2.75, 3.05) is 48.0 Å². The third-order valence-corrected chi connectivity index (χ3v) is 7.10. The Morgan fingerprint density at radius 1 is 1.17 bits per heavy atom. The van der Waals surface area contributed by atoms with E-state index in [0.29, 0.717) is 23.8 Å². The van der Waals surface area contributed by atoms with Crippen molar-refractivity contribution >= 4 is 0 Å². The van der Waals surface area contributed by atoms with Crippen molar-refractivity contribution in [3.8, 4) is 0 Å². The molecule has 3 heterocycles. The average molecular weight is 487 g/mol. The molecule has 3 aliphatic heterocycles. The van der Waals surface area contributed by atoms with E-state index in [-0.39, 0.29) is 5.76 Å². The minimum absolute atomic E-state index is 0.182. The lowest BCUT2D eigenvalue weighted by Gasteiger charge is -2.45. The number of allylic oxidation sites excluding steroid dienone is 3. The predicted molar refractivity (Wildman–Crippen MR) is 144 cm³/mol. The van der Waals surface area contributed by atoms with Crippen molar-refractivity contribution in [2.45, 2.75) is 58.0 Å². The number of aliphatic hydroxyl groups excluding tert-OH is 1. The Morgan fingerprint density at radius 2 is 1.94 bits per heavy atom. The van der Waals surface area contributed by atoms with Crippen molar-refractivity contribution < 1.29 is 19.3 Å². The zero-order chi connectivity index (χ0) is 25.8. The van der Waals surface area contributed by atoms with Gasteiger partial charge < -0.3 is 19.3 Å². The minimum atomic E-state index is 0.182. The van der Waals surface area contributed by atoms with E-state index < -0.39 is 0 Å². The summed E-state index contributed by atoms with van der Waals surface area (Å²) in [7, 11) is 7.08. The van der Waals surface area contributed by atoms with Crippen LogP contribution in [0.5, 0.6) is 0 Å². The largest absolute Gasteiger partial charge is 0.504 e. The van der Waals surface area contributed by atoms with E-state index in [1.165, 1.54) is 17.6 Å². The van der Waals surface area contributed by atoms with Crippen LogP contribution >= 0.6 is 0 Å². The van der Waals surface area contributed by atoms with Gasteiger partial charge in [-0.3, -0.25) is 9.80 Å². The molecule has 0 bridgehead atoms. The highest BCUT2D eigenvalue weighted by Crippen LogP contribution is 2.37. The molecule has 0 spiro atoms. The molecule has 3 unspecified atom stereocenters. The fourth-order valence-corrected chi connectivity index (χ4v) is 5.09. The Kier molecular flexibility index (Phi) is 12.2. The third kappa shape index (κ3) is 8.04. The number of fused-ring (bicyclic) bond motifs is 1. The summed E-state index contributed by atoms with van der Waals surface area (Å²) in [4.78, 5) is 4.99. The summed E-state index contributed by atoms with van der Waals surface area (Å²) in [6, 6.07) is 0.669. The van der Waals surface area contributed by atoms with Gasteiger partial charge in [-0.2, -0.15) is 0 Å². The first-order valence-corrected chi connectivity index (χ1v) is 12.9. The summed E-state index contributed by atoms with van der Waals surface area (Å²) in [6.45, 7) is 11.6. The second-order valence-corrected chi connectivity index (χ2v) is 9.13. The summed E-state index contributed by atoms with van der Waals surface area (Å²) in [5.41, 5.74) is 2.47. The maximum Gasteiger partial charge on any atom is 0.160 e. The second kappa shape index (κ2) is 14.8. The van der Waals surface area contributed by atoms with Gasteiger partial charge >= 0.3 is 0 Å². The zero-order valence-corrected chi connectivity index (χ0v) is 22.6. The van der Waals surface area contributed by atoms with E-state index in [9.17, 15) is 5.11 Å². The molecule has 3 rings (SSSR count). The van der Waals surface area contributed by atoms with Gasteiger partial charge in [0.25, 0.3) is 0 Å². The number of rotatable bonds is 6. The van der Waals surface area contributed by atoms with Gasteiger partial charge in [-0.15, -0.1) is 0 Å². The summed E-state index contributed by atoms with van der Waals surface area (Å²) >= 11 is 0. The number of methoxy groups -OCH3 is 3. The minimum Gasteiger partial charge on any atom is -0.504 e. The Bertz CT molecular complexity index is 840. The van der Waals surface area contributed by atoms with Gasteiger partial charge in [0.05, 0.1) is 21.3 Å². The molecule has 0 amide bonds. The van der Waals surface area contributed by atoms with Crippen molar-refractivity contribution in [1.82, 2.24) is 9.80 Å². The highest BCUT2D eigenvalue weighted by Gasteiger charge is 2.35. The summed E-state index contributed by atoms with van der Waals surface area (Å²) in [6.07, 6.45) is 16.8. The molecule has 0 aromatic rings. The molecule has 0 aliphatic carbocycles. The van der Waals surface area contributed by atoms with Crippen LogP contribution in [0.2, 0.25) is 0 Å². The van der Waals surface area contributed by atoms with Crippen LogP contribution in [0.15, 0.2) is 71.6 Å². The van der Waals surface area contributed by atoms with Crippen LogP contribution in [0.1, 0.15) is 46.0 Å². The molecular weight excluding hydrogens is 440 g/mol. The molecule has 196 valence electrons. The van der Waals surface area contributed by atoms with E-state index in [0.717, 1.165) is 51.1 Å². The van der Waals surface area contributed by atoms with Crippen molar-refractivity contribution in [2.24, 2.45) is 5.92 Å². The SMILES string of the molecule is C=C1/C(=C\C(=C\OC)OC)CCN2CCC(CC3/C=C/C(OC)=C(O)\C=C\CCN3C)CC12.CC. The van der Waals surface area contributed by atoms with Crippen LogP contribution in [-0.2, 0) is 14.2 Å².